The third kappa shape index (κ3) is 5.36. The van der Waals surface area contributed by atoms with Crippen molar-refractivity contribution < 1.29 is 9.53 Å². The van der Waals surface area contributed by atoms with Crippen molar-refractivity contribution >= 4 is 17.7 Å². The molecule has 0 atom stereocenters. The van der Waals surface area contributed by atoms with Gasteiger partial charge in [0.1, 0.15) is 24.0 Å². The molecule has 4 nitrogen and oxygen atoms in total. The number of rotatable bonds is 6. The van der Waals surface area contributed by atoms with Gasteiger partial charge in [-0.1, -0.05) is 60.2 Å². The lowest BCUT2D eigenvalue weighted by Gasteiger charge is -2.12. The minimum absolute atomic E-state index is 0.0367. The van der Waals surface area contributed by atoms with Crippen LogP contribution in [0.3, 0.4) is 0 Å². The Labute approximate surface area is 177 Å². The number of hydrogen-bond acceptors (Lipinski definition) is 3. The maximum atomic E-state index is 12.7. The number of nitrogens with zero attached hydrogens (tertiary/aromatic N) is 1. The minimum Gasteiger partial charge on any atom is -0.489 e. The van der Waals surface area contributed by atoms with Gasteiger partial charge < -0.3 is 10.1 Å². The predicted octanol–water partition coefficient (Wildman–Crippen LogP) is 5.74. The van der Waals surface area contributed by atoms with Gasteiger partial charge in [-0.25, -0.2) is 0 Å². The number of ether oxygens (including phenoxy) is 1. The summed E-state index contributed by atoms with van der Waals surface area (Å²) in [6.45, 7) is 6.35. The van der Waals surface area contributed by atoms with Gasteiger partial charge in [0.25, 0.3) is 5.91 Å². The first kappa shape index (κ1) is 20.9. The summed E-state index contributed by atoms with van der Waals surface area (Å²) >= 11 is 0. The van der Waals surface area contributed by atoms with Crippen LogP contribution in [0.25, 0.3) is 6.08 Å². The number of nitriles is 1. The van der Waals surface area contributed by atoms with Gasteiger partial charge in [0.2, 0.25) is 0 Å². The van der Waals surface area contributed by atoms with Crippen molar-refractivity contribution in [2.24, 2.45) is 0 Å². The van der Waals surface area contributed by atoms with E-state index in [-0.39, 0.29) is 5.57 Å². The lowest BCUT2D eigenvalue weighted by Crippen LogP contribution is -2.15. The van der Waals surface area contributed by atoms with E-state index >= 15 is 0 Å². The molecule has 0 fully saturated rings. The molecule has 0 aliphatic heterocycles. The van der Waals surface area contributed by atoms with E-state index in [0.29, 0.717) is 12.4 Å². The van der Waals surface area contributed by atoms with Crippen molar-refractivity contribution in [3.63, 3.8) is 0 Å². The second-order valence-corrected chi connectivity index (χ2v) is 7.24. The summed E-state index contributed by atoms with van der Waals surface area (Å²) in [5, 5.41) is 12.4. The lowest BCUT2D eigenvalue weighted by molar-refractivity contribution is -0.112. The van der Waals surface area contributed by atoms with Crippen molar-refractivity contribution in [2.75, 3.05) is 5.32 Å². The molecule has 4 heteroatoms. The quantitative estimate of drug-likeness (QED) is 0.427. The molecule has 0 saturated heterocycles. The second kappa shape index (κ2) is 9.58. The van der Waals surface area contributed by atoms with Crippen molar-refractivity contribution in [2.45, 2.75) is 27.4 Å². The first-order valence-corrected chi connectivity index (χ1v) is 9.74. The summed E-state index contributed by atoms with van der Waals surface area (Å²) in [6, 6.07) is 23.2. The largest absolute Gasteiger partial charge is 0.489 e. The van der Waals surface area contributed by atoms with Crippen molar-refractivity contribution in [3.05, 3.63) is 100 Å². The zero-order valence-electron chi connectivity index (χ0n) is 17.4. The van der Waals surface area contributed by atoms with Crippen LogP contribution >= 0.6 is 0 Å². The van der Waals surface area contributed by atoms with Gasteiger partial charge in [-0.15, -0.1) is 0 Å². The molecule has 0 spiro atoms. The molecule has 3 rings (SSSR count). The number of anilines is 1. The lowest BCUT2D eigenvalue weighted by atomic mass is 10.0. The Morgan fingerprint density at radius 1 is 1.00 bits per heavy atom. The summed E-state index contributed by atoms with van der Waals surface area (Å²) in [7, 11) is 0. The van der Waals surface area contributed by atoms with Crippen LogP contribution in [-0.2, 0) is 11.4 Å². The molecule has 0 saturated carbocycles. The van der Waals surface area contributed by atoms with Crippen LogP contribution in [0.15, 0.2) is 72.3 Å². The fourth-order valence-electron chi connectivity index (χ4n) is 3.31. The zero-order chi connectivity index (χ0) is 21.5. The Morgan fingerprint density at radius 3 is 2.37 bits per heavy atom. The van der Waals surface area contributed by atoms with E-state index < -0.39 is 5.91 Å². The molecule has 30 heavy (non-hydrogen) atoms. The standard InChI is InChI=1S/C26H24N2O2/c1-18-12-19(2)25(20(3)13-18)28-26(29)23(16-27)14-22-10-7-11-24(15-22)30-17-21-8-5-4-6-9-21/h4-15H,17H2,1-3H3,(H,28,29)/b23-14+. The fourth-order valence-corrected chi connectivity index (χ4v) is 3.31. The van der Waals surface area contributed by atoms with Gasteiger partial charge >= 0.3 is 0 Å². The van der Waals surface area contributed by atoms with E-state index in [9.17, 15) is 10.1 Å². The molecule has 0 aliphatic rings. The highest BCUT2D eigenvalue weighted by Crippen LogP contribution is 2.23. The van der Waals surface area contributed by atoms with Crippen LogP contribution in [0.2, 0.25) is 0 Å². The number of amides is 1. The third-order valence-electron chi connectivity index (χ3n) is 4.70. The van der Waals surface area contributed by atoms with E-state index in [1.54, 1.807) is 6.08 Å². The third-order valence-corrected chi connectivity index (χ3v) is 4.70. The maximum Gasteiger partial charge on any atom is 0.266 e. The fraction of sp³-hybridized carbons (Fsp3) is 0.154. The van der Waals surface area contributed by atoms with Crippen LogP contribution in [-0.4, -0.2) is 5.91 Å². The highest BCUT2D eigenvalue weighted by atomic mass is 16.5. The van der Waals surface area contributed by atoms with Gasteiger partial charge in [0, 0.05) is 5.69 Å². The molecule has 3 aromatic carbocycles. The highest BCUT2D eigenvalue weighted by molar-refractivity contribution is 6.10. The Morgan fingerprint density at radius 2 is 1.70 bits per heavy atom. The SMILES string of the molecule is Cc1cc(C)c(NC(=O)/C(C#N)=C/c2cccc(OCc3ccccc3)c2)c(C)c1. The van der Waals surface area contributed by atoms with Crippen molar-refractivity contribution in [1.29, 1.82) is 5.26 Å². The van der Waals surface area contributed by atoms with Gasteiger partial charge in [-0.3, -0.25) is 4.79 Å². The van der Waals surface area contributed by atoms with Crippen LogP contribution in [0.4, 0.5) is 5.69 Å². The first-order valence-electron chi connectivity index (χ1n) is 9.74. The summed E-state index contributed by atoms with van der Waals surface area (Å²) in [5.41, 5.74) is 5.64. The normalized spacial score (nSPS) is 10.9. The van der Waals surface area contributed by atoms with Crippen LogP contribution < -0.4 is 10.1 Å². The van der Waals surface area contributed by atoms with Gasteiger partial charge in [-0.2, -0.15) is 5.26 Å². The van der Waals surface area contributed by atoms with E-state index in [1.165, 1.54) is 0 Å². The molecular weight excluding hydrogens is 372 g/mol. The number of hydrogen-bond donors (Lipinski definition) is 1. The Balaban J connectivity index is 1.76. The molecular formula is C26H24N2O2. The molecule has 3 aromatic rings. The van der Waals surface area contributed by atoms with E-state index in [4.69, 9.17) is 4.74 Å². The molecule has 0 heterocycles. The molecule has 0 unspecified atom stereocenters. The van der Waals surface area contributed by atoms with Gasteiger partial charge in [0.05, 0.1) is 0 Å². The molecule has 0 bridgehead atoms. The molecule has 0 aliphatic carbocycles. The van der Waals surface area contributed by atoms with Crippen molar-refractivity contribution in [3.8, 4) is 11.8 Å². The summed E-state index contributed by atoms with van der Waals surface area (Å²) < 4.78 is 5.83. The molecule has 1 N–H and O–H groups in total. The molecule has 150 valence electrons. The van der Waals surface area contributed by atoms with Crippen LogP contribution in [0.5, 0.6) is 5.75 Å². The zero-order valence-corrected chi connectivity index (χ0v) is 17.4. The predicted molar refractivity (Wildman–Crippen MR) is 120 cm³/mol. The highest BCUT2D eigenvalue weighted by Gasteiger charge is 2.13. The summed E-state index contributed by atoms with van der Waals surface area (Å²) in [6.07, 6.45) is 1.57. The second-order valence-electron chi connectivity index (χ2n) is 7.24. The number of carbonyl (C=O) groups excluding carboxylic acids is 1. The average molecular weight is 396 g/mol. The maximum absolute atomic E-state index is 12.7. The summed E-state index contributed by atoms with van der Waals surface area (Å²) in [4.78, 5) is 12.7. The number of carbonyl (C=O) groups is 1. The van der Waals surface area contributed by atoms with Crippen molar-refractivity contribution in [1.82, 2.24) is 0 Å². The Hall–Kier alpha value is -3.84. The number of nitrogens with one attached hydrogen (secondary N) is 1. The Bertz CT molecular complexity index is 1100. The van der Waals surface area contributed by atoms with E-state index in [1.807, 2.05) is 93.6 Å². The van der Waals surface area contributed by atoms with E-state index in [2.05, 4.69) is 5.32 Å². The van der Waals surface area contributed by atoms with Crippen LogP contribution in [0, 0.1) is 32.1 Å². The Kier molecular flexibility index (Phi) is 6.67. The first-order chi connectivity index (χ1) is 14.5. The minimum atomic E-state index is -0.428. The number of aryl methyl sites for hydroxylation is 3. The summed E-state index contributed by atoms with van der Waals surface area (Å²) in [5.74, 6) is 0.249. The molecule has 1 amide bonds. The smallest absolute Gasteiger partial charge is 0.266 e. The monoisotopic (exact) mass is 396 g/mol. The van der Waals surface area contributed by atoms with Crippen LogP contribution in [0.1, 0.15) is 27.8 Å². The molecule has 0 aromatic heterocycles. The molecule has 0 radical (unpaired) electrons. The topological polar surface area (TPSA) is 62.1 Å². The van der Waals surface area contributed by atoms with Gasteiger partial charge in [-0.05, 0) is 61.2 Å². The van der Waals surface area contributed by atoms with E-state index in [0.717, 1.165) is 33.5 Å². The average Bonchev–Trinajstić information content (AvgIpc) is 2.74. The number of benzene rings is 3. The van der Waals surface area contributed by atoms with Gasteiger partial charge in [0.15, 0.2) is 0 Å².